The van der Waals surface area contributed by atoms with Crippen LogP contribution in [-0.4, -0.2) is 13.7 Å². The van der Waals surface area contributed by atoms with E-state index in [1.807, 2.05) is 0 Å². The molecule has 3 aromatic heterocycles. The van der Waals surface area contributed by atoms with Gasteiger partial charge < -0.3 is 28.4 Å². The minimum Gasteiger partial charge on any atom is -0.311 e. The molecule has 6 nitrogen and oxygen atoms in total. The van der Waals surface area contributed by atoms with Crippen LogP contribution in [0.3, 0.4) is 0 Å². The molecule has 25 rings (SSSR count). The predicted octanol–water partition coefficient (Wildman–Crippen LogP) is 34.6. The van der Waals surface area contributed by atoms with E-state index in [2.05, 4.69) is 556 Å². The summed E-state index contributed by atoms with van der Waals surface area (Å²) in [5.74, 6) is 0.242. The van der Waals surface area contributed by atoms with E-state index in [9.17, 15) is 0 Å². The lowest BCUT2D eigenvalue weighted by Gasteiger charge is -2.25. The molecule has 0 radical (unpaired) electrons. The second-order valence-electron chi connectivity index (χ2n) is 34.3. The first-order valence-electron chi connectivity index (χ1n) is 45.7. The van der Waals surface area contributed by atoms with Crippen molar-refractivity contribution in [3.05, 3.63) is 544 Å². The van der Waals surface area contributed by atoms with E-state index in [0.29, 0.717) is 0 Å². The molecule has 1 unspecified atom stereocenters. The topological polar surface area (TPSA) is 24.5 Å². The molecule has 6 heteroatoms. The normalized spacial score (nSPS) is 12.1. The molecule has 0 aliphatic heterocycles. The maximum absolute atomic E-state index is 2.42. The molecule has 1 aliphatic rings. The quantitative estimate of drug-likeness (QED) is 0.0856. The molecule has 1 atom stereocenters. The molecule has 0 saturated heterocycles. The van der Waals surface area contributed by atoms with Gasteiger partial charge in [-0.3, -0.25) is 0 Å². The Balaban J connectivity index is 0.000000152. The number of aromatic nitrogens is 3. The molecule has 3 heterocycles. The van der Waals surface area contributed by atoms with Gasteiger partial charge in [0.05, 0.1) is 33.1 Å². The Morgan fingerprint density at radius 1 is 0.143 bits per heavy atom. The van der Waals surface area contributed by atoms with Gasteiger partial charge in [-0.2, -0.15) is 0 Å². The second kappa shape index (κ2) is 34.2. The maximum atomic E-state index is 2.42. The van der Waals surface area contributed by atoms with Crippen molar-refractivity contribution in [2.24, 2.45) is 0 Å². The Bertz CT molecular complexity index is 7950. The van der Waals surface area contributed by atoms with Gasteiger partial charge in [0, 0.05) is 106 Å². The van der Waals surface area contributed by atoms with Crippen molar-refractivity contribution in [1.29, 1.82) is 0 Å². The number of fused-ring (bicyclic) bond motifs is 12. The number of hydrogen-bond donors (Lipinski definition) is 0. The van der Waals surface area contributed by atoms with E-state index in [1.54, 1.807) is 0 Å². The van der Waals surface area contributed by atoms with Gasteiger partial charge in [0.15, 0.2) is 0 Å². The lowest BCUT2D eigenvalue weighted by Crippen LogP contribution is -2.09. The van der Waals surface area contributed by atoms with Crippen LogP contribution in [0, 0.1) is 0 Å². The van der Waals surface area contributed by atoms with Crippen LogP contribution in [0.25, 0.3) is 149 Å². The fourth-order valence-electron chi connectivity index (χ4n) is 20.3. The SMILES string of the molecule is c1ccc(C2c3ccccc3-c3cc(-c4ccc5c6cc(-c7ccc(N(c8ccccc8)c8ccccc8)cc7)ccc6n(-c6ccccc6)c5c4)ccc32)cc1.c1ccc(N(c2ccccc2)c2ccc(-c3ccc4c(c3)c3cc(-c5ccc6c(c5)c5cc(-c7ccc(N(c8ccccc8)c8ccccc8)cc7)ccc5n6-c5ccccc5)ccc3n4-c3ccccc3)cc2)cc1. The van der Waals surface area contributed by atoms with Gasteiger partial charge in [-0.1, -0.05) is 309 Å². The molecule has 0 N–H and O–H groups in total. The Morgan fingerprint density at radius 3 is 0.699 bits per heavy atom. The third-order valence-corrected chi connectivity index (χ3v) is 26.5. The van der Waals surface area contributed by atoms with Gasteiger partial charge in [-0.05, 0) is 302 Å². The molecular formula is C127H88N6. The first-order chi connectivity index (χ1) is 66.0. The van der Waals surface area contributed by atoms with Crippen LogP contribution in [0.15, 0.2) is 528 Å². The van der Waals surface area contributed by atoms with E-state index >= 15 is 0 Å². The Kier molecular flexibility index (Phi) is 20.3. The zero-order valence-electron chi connectivity index (χ0n) is 73.0. The molecule has 626 valence electrons. The third-order valence-electron chi connectivity index (χ3n) is 26.5. The first-order valence-corrected chi connectivity index (χ1v) is 45.7. The van der Waals surface area contributed by atoms with Crippen molar-refractivity contribution in [3.63, 3.8) is 0 Å². The number of para-hydroxylation sites is 9. The summed E-state index contributed by atoms with van der Waals surface area (Å²) in [6.07, 6.45) is 0. The summed E-state index contributed by atoms with van der Waals surface area (Å²) in [6.45, 7) is 0. The van der Waals surface area contributed by atoms with Crippen molar-refractivity contribution >= 4 is 117 Å². The van der Waals surface area contributed by atoms with Crippen molar-refractivity contribution in [2.75, 3.05) is 14.7 Å². The van der Waals surface area contributed by atoms with Gasteiger partial charge in [0.2, 0.25) is 0 Å². The number of anilines is 9. The molecule has 21 aromatic carbocycles. The minimum atomic E-state index is 0.242. The Hall–Kier alpha value is -17.6. The summed E-state index contributed by atoms with van der Waals surface area (Å²) in [5, 5.41) is 7.34. The number of nitrogens with zero attached hydrogens (tertiary/aromatic N) is 6. The van der Waals surface area contributed by atoms with Gasteiger partial charge in [-0.15, -0.1) is 0 Å². The maximum Gasteiger partial charge on any atom is 0.0547 e. The standard InChI is InChI=1S/C72H50N4.C55H38N2/c1-7-19-57(20-8-1)73(58-21-9-2-10-22-58)63-39-31-51(32-40-63)53-35-43-69-65(47-53)67-49-55(37-45-71(67)75(69)61-27-15-5-16-28-61)56-38-46-72-68(50-56)66-48-54(36-44-70(66)76(72)62-29-17-6-18-30-62)52-33-41-64(42-34-52)74(59-23-11-3-12-24-59)60-25-13-4-14-26-60;1-5-15-39(16-6-1)55-49-24-14-13-23-47(49)51-35-41(28-33-50(51)55)42-27-32-48-52-36-40(29-34-53(52)57(54(48)37-42)45-21-11-4-12-22-45)38-25-30-46(31-26-38)56(43-17-7-2-8-18-43)44-19-9-3-10-20-44/h1-50H;1-37,55H. The molecule has 0 bridgehead atoms. The zero-order valence-corrected chi connectivity index (χ0v) is 73.0. The van der Waals surface area contributed by atoms with Crippen LogP contribution in [0.5, 0.6) is 0 Å². The highest BCUT2D eigenvalue weighted by atomic mass is 15.2. The van der Waals surface area contributed by atoms with E-state index in [1.165, 1.54) is 149 Å². The lowest BCUT2D eigenvalue weighted by molar-refractivity contribution is 1.02. The second-order valence-corrected chi connectivity index (χ2v) is 34.3. The molecule has 0 spiro atoms. The summed E-state index contributed by atoms with van der Waals surface area (Å²) in [4.78, 5) is 6.92. The zero-order chi connectivity index (χ0) is 88.1. The molecule has 0 fully saturated rings. The summed E-state index contributed by atoms with van der Waals surface area (Å²) >= 11 is 0. The molecule has 24 aromatic rings. The predicted molar refractivity (Wildman–Crippen MR) is 560 cm³/mol. The van der Waals surface area contributed by atoms with Crippen molar-refractivity contribution in [1.82, 2.24) is 13.7 Å². The fraction of sp³-hybridized carbons (Fsp3) is 0.00787. The Morgan fingerprint density at radius 2 is 0.368 bits per heavy atom. The van der Waals surface area contributed by atoms with E-state index in [-0.39, 0.29) is 5.92 Å². The van der Waals surface area contributed by atoms with Crippen LogP contribution in [-0.2, 0) is 0 Å². The highest BCUT2D eigenvalue weighted by Crippen LogP contribution is 2.51. The average Bonchev–Trinajstić information content (AvgIpc) is 1.58. The van der Waals surface area contributed by atoms with Crippen LogP contribution in [0.4, 0.5) is 51.2 Å². The molecule has 0 saturated carbocycles. The summed E-state index contributed by atoms with van der Waals surface area (Å²) < 4.78 is 7.24. The first kappa shape index (κ1) is 78.9. The van der Waals surface area contributed by atoms with Crippen LogP contribution >= 0.6 is 0 Å². The lowest BCUT2D eigenvalue weighted by atomic mass is 9.89. The van der Waals surface area contributed by atoms with Gasteiger partial charge in [0.25, 0.3) is 0 Å². The molecule has 133 heavy (non-hydrogen) atoms. The van der Waals surface area contributed by atoms with E-state index < -0.39 is 0 Å². The highest BCUT2D eigenvalue weighted by molar-refractivity contribution is 6.15. The fourth-order valence-corrected chi connectivity index (χ4v) is 20.3. The van der Waals surface area contributed by atoms with Crippen LogP contribution in [0.2, 0.25) is 0 Å². The molecular weight excluding hydrogens is 1610 g/mol. The van der Waals surface area contributed by atoms with E-state index in [0.717, 1.165) is 68.2 Å². The van der Waals surface area contributed by atoms with Crippen LogP contribution < -0.4 is 14.7 Å². The van der Waals surface area contributed by atoms with Crippen molar-refractivity contribution in [3.8, 4) is 83.8 Å². The van der Waals surface area contributed by atoms with Crippen molar-refractivity contribution < 1.29 is 0 Å². The summed E-state index contributed by atoms with van der Waals surface area (Å²) in [6, 6.07) is 191. The van der Waals surface area contributed by atoms with Gasteiger partial charge in [0.1, 0.15) is 0 Å². The molecule has 1 aliphatic carbocycles. The molecule has 0 amide bonds. The monoisotopic (exact) mass is 1700 g/mol. The largest absolute Gasteiger partial charge is 0.311 e. The number of rotatable bonds is 18. The number of benzene rings is 21. The average molecular weight is 1700 g/mol. The summed E-state index contributed by atoms with van der Waals surface area (Å²) in [7, 11) is 0. The third kappa shape index (κ3) is 14.6. The van der Waals surface area contributed by atoms with Gasteiger partial charge >= 0.3 is 0 Å². The van der Waals surface area contributed by atoms with Crippen molar-refractivity contribution in [2.45, 2.75) is 5.92 Å². The summed E-state index contributed by atoms with van der Waals surface area (Å²) in [5.41, 5.74) is 39.2. The minimum absolute atomic E-state index is 0.242. The smallest absolute Gasteiger partial charge is 0.0547 e. The van der Waals surface area contributed by atoms with E-state index in [4.69, 9.17) is 0 Å². The highest BCUT2D eigenvalue weighted by Gasteiger charge is 2.31. The van der Waals surface area contributed by atoms with Gasteiger partial charge in [-0.25, -0.2) is 0 Å². The Labute approximate surface area is 773 Å². The van der Waals surface area contributed by atoms with Crippen LogP contribution in [0.1, 0.15) is 22.6 Å². The number of hydrogen-bond acceptors (Lipinski definition) is 3.